The molecule has 0 saturated carbocycles. The fourth-order valence-electron chi connectivity index (χ4n) is 1.68. The van der Waals surface area contributed by atoms with Gasteiger partial charge in [-0.05, 0) is 43.8 Å². The van der Waals surface area contributed by atoms with Gasteiger partial charge >= 0.3 is 6.18 Å². The maximum absolute atomic E-state index is 12.7. The molecule has 0 aliphatic carbocycles. The topological polar surface area (TPSA) is 12.0 Å². The molecule has 1 aliphatic rings. The molecule has 18 heavy (non-hydrogen) atoms. The Morgan fingerprint density at radius 1 is 1.06 bits per heavy atom. The van der Waals surface area contributed by atoms with Crippen molar-refractivity contribution in [3.63, 3.8) is 0 Å². The predicted molar refractivity (Wildman–Crippen MR) is 81.0 cm³/mol. The molecule has 0 bridgehead atoms. The molecule has 0 radical (unpaired) electrons. The van der Waals surface area contributed by atoms with Crippen molar-refractivity contribution in [2.75, 3.05) is 4.93 Å². The van der Waals surface area contributed by atoms with Crippen molar-refractivity contribution < 1.29 is 13.2 Å². The summed E-state index contributed by atoms with van der Waals surface area (Å²) in [5, 5.41) is 3.00. The molecule has 1 atom stereocenters. The highest BCUT2D eigenvalue weighted by atomic mass is 127. The van der Waals surface area contributed by atoms with Gasteiger partial charge in [0.2, 0.25) is 0 Å². The lowest BCUT2D eigenvalue weighted by atomic mass is 9.92. The van der Waals surface area contributed by atoms with Crippen molar-refractivity contribution in [1.82, 2.24) is 5.32 Å². The Kier molecular flexibility index (Phi) is 9.87. The first-order chi connectivity index (χ1) is 8.25. The van der Waals surface area contributed by atoms with E-state index in [9.17, 15) is 13.2 Å². The van der Waals surface area contributed by atoms with E-state index < -0.39 is 11.7 Å². The lowest BCUT2D eigenvalue weighted by molar-refractivity contribution is -0.0908. The van der Waals surface area contributed by atoms with E-state index in [0.717, 1.165) is 0 Å². The molecule has 0 aromatic rings. The first-order valence-electron chi connectivity index (χ1n) is 5.85. The van der Waals surface area contributed by atoms with Crippen LogP contribution in [0.5, 0.6) is 0 Å². The summed E-state index contributed by atoms with van der Waals surface area (Å²) < 4.78 is 38.0. The molecule has 5 heteroatoms. The third kappa shape index (κ3) is 5.20. The number of alkyl halides is 4. The van der Waals surface area contributed by atoms with Crippen LogP contribution in [0.15, 0.2) is 22.4 Å². The van der Waals surface area contributed by atoms with Crippen LogP contribution in [0.2, 0.25) is 0 Å². The van der Waals surface area contributed by atoms with Crippen molar-refractivity contribution in [2.45, 2.75) is 53.8 Å². The highest BCUT2D eigenvalue weighted by Gasteiger charge is 2.39. The second-order valence-electron chi connectivity index (χ2n) is 3.67. The average molecular weight is 377 g/mol. The fraction of sp³-hybridized carbons (Fsp3) is 0.692. The standard InChI is InChI=1S/C10H14F3N.C2H6.CH3I/c1-5-7(3)14-8(4)6(2)9(5)10(11,12)13;2*1-2/h7,14H,1-4H3;1-2H3;1H3. The van der Waals surface area contributed by atoms with Crippen molar-refractivity contribution in [1.29, 1.82) is 0 Å². The summed E-state index contributed by atoms with van der Waals surface area (Å²) in [6.07, 6.45) is -4.24. The molecule has 1 rings (SSSR count). The quantitative estimate of drug-likeness (QED) is 0.450. The van der Waals surface area contributed by atoms with Gasteiger partial charge in [0.25, 0.3) is 0 Å². The van der Waals surface area contributed by atoms with Crippen LogP contribution in [0, 0.1) is 0 Å². The van der Waals surface area contributed by atoms with Gasteiger partial charge in [0.15, 0.2) is 0 Å². The summed E-state index contributed by atoms with van der Waals surface area (Å²) in [4.78, 5) is 1.97. The lowest BCUT2D eigenvalue weighted by Gasteiger charge is -2.29. The minimum Gasteiger partial charge on any atom is -0.382 e. The van der Waals surface area contributed by atoms with Crippen LogP contribution in [-0.4, -0.2) is 17.1 Å². The molecule has 0 fully saturated rings. The molecule has 1 aliphatic heterocycles. The van der Waals surface area contributed by atoms with Gasteiger partial charge in [0.05, 0.1) is 5.57 Å². The van der Waals surface area contributed by atoms with E-state index in [2.05, 4.69) is 27.9 Å². The molecule has 1 heterocycles. The summed E-state index contributed by atoms with van der Waals surface area (Å²) >= 11 is 2.15. The first kappa shape index (κ1) is 20.1. The van der Waals surface area contributed by atoms with E-state index in [-0.39, 0.29) is 6.04 Å². The number of nitrogens with one attached hydrogen (secondary N) is 1. The maximum Gasteiger partial charge on any atom is 0.416 e. The van der Waals surface area contributed by atoms with Crippen LogP contribution >= 0.6 is 22.6 Å². The Morgan fingerprint density at radius 2 is 1.44 bits per heavy atom. The molecular formula is C13H23F3IN. The van der Waals surface area contributed by atoms with E-state index in [1.54, 1.807) is 13.8 Å². The molecule has 1 N–H and O–H groups in total. The smallest absolute Gasteiger partial charge is 0.382 e. The number of hydrogen-bond donors (Lipinski definition) is 1. The monoisotopic (exact) mass is 377 g/mol. The van der Waals surface area contributed by atoms with Crippen molar-refractivity contribution in [3.8, 4) is 0 Å². The number of dihydropyridines is 1. The van der Waals surface area contributed by atoms with Gasteiger partial charge in [0.1, 0.15) is 0 Å². The zero-order valence-electron chi connectivity index (χ0n) is 12.1. The number of hydrogen-bond acceptors (Lipinski definition) is 1. The minimum absolute atomic E-state index is 0.240. The molecule has 1 nitrogen and oxygen atoms in total. The van der Waals surface area contributed by atoms with Crippen LogP contribution < -0.4 is 5.32 Å². The molecule has 0 aromatic carbocycles. The van der Waals surface area contributed by atoms with Crippen LogP contribution in [0.4, 0.5) is 13.2 Å². The fourth-order valence-corrected chi connectivity index (χ4v) is 1.68. The molecule has 0 saturated heterocycles. The van der Waals surface area contributed by atoms with E-state index in [0.29, 0.717) is 16.8 Å². The Morgan fingerprint density at radius 3 is 1.78 bits per heavy atom. The molecule has 0 spiro atoms. The third-order valence-corrected chi connectivity index (χ3v) is 2.70. The normalized spacial score (nSPS) is 19.4. The minimum atomic E-state index is -4.24. The molecule has 108 valence electrons. The number of rotatable bonds is 0. The second-order valence-corrected chi connectivity index (χ2v) is 3.67. The van der Waals surface area contributed by atoms with Crippen molar-refractivity contribution in [2.24, 2.45) is 0 Å². The molecule has 0 amide bonds. The van der Waals surface area contributed by atoms with Crippen molar-refractivity contribution >= 4 is 22.6 Å². The van der Waals surface area contributed by atoms with E-state index in [4.69, 9.17) is 0 Å². The van der Waals surface area contributed by atoms with Crippen LogP contribution in [-0.2, 0) is 0 Å². The first-order valence-corrected chi connectivity index (χ1v) is 8.01. The van der Waals surface area contributed by atoms with Crippen LogP contribution in [0.3, 0.4) is 0 Å². The van der Waals surface area contributed by atoms with Gasteiger partial charge in [-0.1, -0.05) is 36.4 Å². The van der Waals surface area contributed by atoms with Gasteiger partial charge in [-0.25, -0.2) is 0 Å². The zero-order chi connectivity index (χ0) is 15.1. The Hall–Kier alpha value is -0.200. The summed E-state index contributed by atoms with van der Waals surface area (Å²) in [6.45, 7) is 10.4. The summed E-state index contributed by atoms with van der Waals surface area (Å²) in [6, 6.07) is -0.240. The van der Waals surface area contributed by atoms with Gasteiger partial charge < -0.3 is 5.32 Å². The zero-order valence-corrected chi connectivity index (χ0v) is 14.2. The van der Waals surface area contributed by atoms with E-state index in [1.165, 1.54) is 13.8 Å². The predicted octanol–water partition coefficient (Wildman–Crippen LogP) is 5.23. The third-order valence-electron chi connectivity index (χ3n) is 2.70. The average Bonchev–Trinajstić information content (AvgIpc) is 2.30. The summed E-state index contributed by atoms with van der Waals surface area (Å²) in [7, 11) is 0. The van der Waals surface area contributed by atoms with Gasteiger partial charge in [-0.2, -0.15) is 13.2 Å². The van der Waals surface area contributed by atoms with E-state index in [1.807, 2.05) is 18.8 Å². The second kappa shape index (κ2) is 8.82. The van der Waals surface area contributed by atoms with E-state index >= 15 is 0 Å². The Labute approximate surface area is 122 Å². The van der Waals surface area contributed by atoms with Gasteiger partial charge in [-0.15, -0.1) is 0 Å². The van der Waals surface area contributed by atoms with Gasteiger partial charge in [-0.3, -0.25) is 0 Å². The maximum atomic E-state index is 12.7. The number of halogens is 4. The highest BCUT2D eigenvalue weighted by Crippen LogP contribution is 2.37. The van der Waals surface area contributed by atoms with Gasteiger partial charge in [0, 0.05) is 11.7 Å². The molecular weight excluding hydrogens is 354 g/mol. The molecule has 0 aromatic heterocycles. The number of allylic oxidation sites excluding steroid dienone is 3. The largest absolute Gasteiger partial charge is 0.416 e. The van der Waals surface area contributed by atoms with Crippen molar-refractivity contribution in [3.05, 3.63) is 22.4 Å². The van der Waals surface area contributed by atoms with Crippen LogP contribution in [0.25, 0.3) is 0 Å². The Balaban J connectivity index is 0. The summed E-state index contributed by atoms with van der Waals surface area (Å²) in [5.41, 5.74) is 0.797. The molecule has 1 unspecified atom stereocenters. The van der Waals surface area contributed by atoms with Crippen LogP contribution in [0.1, 0.15) is 41.5 Å². The SMILES string of the molecule is CC.CC1=C(C)C(C(F)(F)F)=C(C)C(C)N1.CI. The summed E-state index contributed by atoms with van der Waals surface area (Å²) in [5.74, 6) is 0. The lowest BCUT2D eigenvalue weighted by Crippen LogP contribution is -2.34. The Bertz CT molecular complexity index is 317. The highest BCUT2D eigenvalue weighted by molar-refractivity contribution is 14.1.